The number of amides is 4. The molecule has 2 aromatic rings. The van der Waals surface area contributed by atoms with Crippen molar-refractivity contribution in [2.75, 3.05) is 31.2 Å². The van der Waals surface area contributed by atoms with Crippen LogP contribution in [0.3, 0.4) is 0 Å². The number of urea groups is 1. The van der Waals surface area contributed by atoms with Crippen LogP contribution >= 0.6 is 0 Å². The van der Waals surface area contributed by atoms with Crippen LogP contribution < -0.4 is 15.8 Å². The normalized spacial score (nSPS) is 13.9. The largest absolute Gasteiger partial charge is 0.472 e. The van der Waals surface area contributed by atoms with Crippen molar-refractivity contribution < 1.29 is 41.1 Å². The zero-order valence-corrected chi connectivity index (χ0v) is 17.5. The van der Waals surface area contributed by atoms with E-state index < -0.39 is 35.7 Å². The van der Waals surface area contributed by atoms with Crippen molar-refractivity contribution in [2.45, 2.75) is 12.7 Å². The predicted molar refractivity (Wildman–Crippen MR) is 108 cm³/mol. The van der Waals surface area contributed by atoms with E-state index in [-0.39, 0.29) is 17.7 Å². The van der Waals surface area contributed by atoms with Crippen LogP contribution in [0.25, 0.3) is 0 Å². The minimum absolute atomic E-state index is 0.0122. The summed E-state index contributed by atoms with van der Waals surface area (Å²) in [6.07, 6.45) is -5.21. The molecule has 8 nitrogen and oxygen atoms in total. The average Bonchev–Trinajstić information content (AvgIpc) is 2.81. The fourth-order valence-electron chi connectivity index (χ4n) is 3.06. The molecule has 182 valence electrons. The summed E-state index contributed by atoms with van der Waals surface area (Å²) in [6.45, 7) is 0.988. The Hall–Kier alpha value is -3.74. The summed E-state index contributed by atoms with van der Waals surface area (Å²) in [7, 11) is 0. The fraction of sp³-hybridized carbons (Fsp3) is 0.286. The number of benzene rings is 2. The first-order chi connectivity index (χ1) is 16.1. The van der Waals surface area contributed by atoms with E-state index in [1.807, 2.05) is 0 Å². The topological polar surface area (TPSA) is 91.0 Å². The Balaban J connectivity index is 1.78. The minimum atomic E-state index is -5.21. The number of ether oxygens (including phenoxy) is 1. The standard InChI is InChI=1S/C21H19F5N4O4/c22-15-3-5-16(6-4-15)30(20(33)29-7-9-34-10-8-29)12-14-2-1-13(11-17(14)23)18(31)27-28-19(32)21(24,25)26/h1-6,11H,7-10,12H2,(H,27,31)(H,28,32). The van der Waals surface area contributed by atoms with Gasteiger partial charge in [0.25, 0.3) is 5.91 Å². The highest BCUT2D eigenvalue weighted by Gasteiger charge is 2.39. The number of nitrogens with one attached hydrogen (secondary N) is 2. The number of nitrogens with zero attached hydrogens (tertiary/aromatic N) is 2. The van der Waals surface area contributed by atoms with Crippen LogP contribution in [0.15, 0.2) is 42.5 Å². The fourth-order valence-corrected chi connectivity index (χ4v) is 3.06. The maximum atomic E-state index is 14.8. The van der Waals surface area contributed by atoms with Crippen molar-refractivity contribution in [3.63, 3.8) is 0 Å². The highest BCUT2D eigenvalue weighted by Crippen LogP contribution is 2.22. The number of anilines is 1. The molecule has 0 aromatic heterocycles. The van der Waals surface area contributed by atoms with Gasteiger partial charge in [-0.3, -0.25) is 25.3 Å². The number of hydrazine groups is 1. The molecule has 0 aliphatic carbocycles. The number of rotatable bonds is 4. The maximum Gasteiger partial charge on any atom is 0.472 e. The zero-order chi connectivity index (χ0) is 24.9. The van der Waals surface area contributed by atoms with E-state index in [1.54, 1.807) is 5.43 Å². The lowest BCUT2D eigenvalue weighted by Gasteiger charge is -2.33. The molecule has 0 saturated carbocycles. The van der Waals surface area contributed by atoms with Crippen LogP contribution in [0, 0.1) is 11.6 Å². The number of hydrogen-bond acceptors (Lipinski definition) is 4. The van der Waals surface area contributed by atoms with Gasteiger partial charge in [-0.05, 0) is 36.4 Å². The first-order valence-corrected chi connectivity index (χ1v) is 9.92. The number of halogens is 5. The summed E-state index contributed by atoms with van der Waals surface area (Å²) in [5.74, 6) is -5.02. The average molecular weight is 486 g/mol. The van der Waals surface area contributed by atoms with Gasteiger partial charge in [0, 0.05) is 29.9 Å². The van der Waals surface area contributed by atoms with Gasteiger partial charge in [0.1, 0.15) is 11.6 Å². The quantitative estimate of drug-likeness (QED) is 0.514. The lowest BCUT2D eigenvalue weighted by Crippen LogP contribution is -2.48. The van der Waals surface area contributed by atoms with Crippen LogP contribution in [-0.4, -0.2) is 55.2 Å². The summed E-state index contributed by atoms with van der Waals surface area (Å²) >= 11 is 0. The molecule has 0 spiro atoms. The number of carbonyl (C=O) groups excluding carboxylic acids is 3. The second kappa shape index (κ2) is 10.5. The monoisotopic (exact) mass is 486 g/mol. The third kappa shape index (κ3) is 6.19. The van der Waals surface area contributed by atoms with Gasteiger partial charge < -0.3 is 9.64 Å². The molecule has 2 N–H and O–H groups in total. The Morgan fingerprint density at radius 3 is 2.21 bits per heavy atom. The molecule has 3 rings (SSSR count). The molecule has 1 fully saturated rings. The van der Waals surface area contributed by atoms with Gasteiger partial charge in [0.2, 0.25) is 0 Å². The smallest absolute Gasteiger partial charge is 0.378 e. The summed E-state index contributed by atoms with van der Waals surface area (Å²) in [6, 6.07) is 7.60. The SMILES string of the molecule is O=C(NNC(=O)C(F)(F)F)c1ccc(CN(C(=O)N2CCOCC2)c2ccc(F)cc2)c(F)c1. The third-order valence-electron chi connectivity index (χ3n) is 4.84. The van der Waals surface area contributed by atoms with E-state index in [0.717, 1.165) is 24.3 Å². The molecule has 0 unspecified atom stereocenters. The Bertz CT molecular complexity index is 1060. The van der Waals surface area contributed by atoms with E-state index in [2.05, 4.69) is 0 Å². The van der Waals surface area contributed by atoms with Crippen molar-refractivity contribution in [3.8, 4) is 0 Å². The molecule has 1 aliphatic rings. The van der Waals surface area contributed by atoms with Gasteiger partial charge in [-0.15, -0.1) is 0 Å². The minimum Gasteiger partial charge on any atom is -0.378 e. The second-order valence-electron chi connectivity index (χ2n) is 7.16. The van der Waals surface area contributed by atoms with Crippen molar-refractivity contribution in [1.82, 2.24) is 15.8 Å². The molecule has 1 aliphatic heterocycles. The lowest BCUT2D eigenvalue weighted by atomic mass is 10.1. The number of alkyl halides is 3. The molecule has 0 bridgehead atoms. The zero-order valence-electron chi connectivity index (χ0n) is 17.5. The number of morpholine rings is 1. The Morgan fingerprint density at radius 2 is 1.62 bits per heavy atom. The summed E-state index contributed by atoms with van der Waals surface area (Å²) in [4.78, 5) is 38.6. The molecule has 34 heavy (non-hydrogen) atoms. The van der Waals surface area contributed by atoms with Crippen molar-refractivity contribution in [3.05, 3.63) is 65.2 Å². The van der Waals surface area contributed by atoms with Crippen molar-refractivity contribution >= 4 is 23.5 Å². The molecule has 4 amide bonds. The lowest BCUT2D eigenvalue weighted by molar-refractivity contribution is -0.174. The summed E-state index contributed by atoms with van der Waals surface area (Å²) in [5, 5.41) is 0. The second-order valence-corrected chi connectivity index (χ2v) is 7.16. The van der Waals surface area contributed by atoms with E-state index in [9.17, 15) is 36.3 Å². The molecule has 1 saturated heterocycles. The first-order valence-electron chi connectivity index (χ1n) is 9.92. The highest BCUT2D eigenvalue weighted by molar-refractivity contribution is 5.96. The van der Waals surface area contributed by atoms with Crippen LogP contribution in [0.4, 0.5) is 32.4 Å². The van der Waals surface area contributed by atoms with Gasteiger partial charge >= 0.3 is 18.1 Å². The molecule has 13 heteroatoms. The summed E-state index contributed by atoms with van der Waals surface area (Å²) < 4.78 is 70.0. The van der Waals surface area contributed by atoms with E-state index >= 15 is 0 Å². The molecule has 0 radical (unpaired) electrons. The van der Waals surface area contributed by atoms with Gasteiger partial charge in [-0.1, -0.05) is 6.07 Å². The van der Waals surface area contributed by atoms with Gasteiger partial charge in [-0.2, -0.15) is 13.2 Å². The van der Waals surface area contributed by atoms with E-state index in [0.29, 0.717) is 32.0 Å². The van der Waals surface area contributed by atoms with Crippen molar-refractivity contribution in [1.29, 1.82) is 0 Å². The molecule has 2 aromatic carbocycles. The van der Waals surface area contributed by atoms with Crippen LogP contribution in [-0.2, 0) is 16.1 Å². The molecule has 1 heterocycles. The van der Waals surface area contributed by atoms with Crippen LogP contribution in [0.5, 0.6) is 0 Å². The number of carbonyl (C=O) groups is 3. The molecular formula is C21H19F5N4O4. The van der Waals surface area contributed by atoms with Gasteiger partial charge in [0.15, 0.2) is 0 Å². The molecule has 0 atom stereocenters. The molecular weight excluding hydrogens is 467 g/mol. The number of hydrogen-bond donors (Lipinski definition) is 2. The Morgan fingerprint density at radius 1 is 0.971 bits per heavy atom. The van der Waals surface area contributed by atoms with Crippen molar-refractivity contribution in [2.24, 2.45) is 0 Å². The van der Waals surface area contributed by atoms with Gasteiger partial charge in [0.05, 0.1) is 19.8 Å². The van der Waals surface area contributed by atoms with E-state index in [1.165, 1.54) is 33.4 Å². The Labute approximate surface area is 190 Å². The Kier molecular flexibility index (Phi) is 7.66. The summed E-state index contributed by atoms with van der Waals surface area (Å²) in [5.41, 5.74) is 2.64. The first kappa shape index (κ1) is 24.9. The predicted octanol–water partition coefficient (Wildman–Crippen LogP) is 2.75. The van der Waals surface area contributed by atoms with Gasteiger partial charge in [-0.25, -0.2) is 13.6 Å². The van der Waals surface area contributed by atoms with Crippen LogP contribution in [0.2, 0.25) is 0 Å². The van der Waals surface area contributed by atoms with E-state index in [4.69, 9.17) is 4.74 Å². The van der Waals surface area contributed by atoms with Crippen LogP contribution in [0.1, 0.15) is 15.9 Å². The highest BCUT2D eigenvalue weighted by atomic mass is 19.4. The third-order valence-corrected chi connectivity index (χ3v) is 4.84. The maximum absolute atomic E-state index is 14.8.